The number of rotatable bonds is 5. The van der Waals surface area contributed by atoms with Gasteiger partial charge in [-0.05, 0) is 42.0 Å². The summed E-state index contributed by atoms with van der Waals surface area (Å²) in [5.74, 6) is 1.63. The lowest BCUT2D eigenvalue weighted by molar-refractivity contribution is 0.414. The molecule has 0 aliphatic carbocycles. The molecule has 0 unspecified atom stereocenters. The van der Waals surface area contributed by atoms with E-state index in [2.05, 4.69) is 14.7 Å². The molecule has 1 N–H and O–H groups in total. The minimum atomic E-state index is 0.677. The molecule has 0 saturated heterocycles. The maximum absolute atomic E-state index is 5.87. The van der Waals surface area contributed by atoms with E-state index in [1.807, 2.05) is 48.5 Å². The van der Waals surface area contributed by atoms with Crippen LogP contribution in [0.5, 0.6) is 5.75 Å². The Morgan fingerprint density at radius 1 is 1.18 bits per heavy atom. The number of benzene rings is 2. The largest absolute Gasteiger partial charge is 0.497 e. The molecule has 112 valence electrons. The van der Waals surface area contributed by atoms with E-state index in [0.717, 1.165) is 28.0 Å². The fourth-order valence-electron chi connectivity index (χ4n) is 2.00. The van der Waals surface area contributed by atoms with Crippen LogP contribution >= 0.6 is 23.1 Å². The Bertz CT molecular complexity index is 758. The molecule has 0 amide bonds. The van der Waals surface area contributed by atoms with Gasteiger partial charge in [-0.2, -0.15) is 4.37 Å². The van der Waals surface area contributed by atoms with E-state index in [-0.39, 0.29) is 0 Å². The first-order chi connectivity index (χ1) is 10.7. The summed E-state index contributed by atoms with van der Waals surface area (Å²) in [5, 5.41) is 4.70. The second-order valence-electron chi connectivity index (χ2n) is 4.68. The van der Waals surface area contributed by atoms with Gasteiger partial charge in [0.25, 0.3) is 0 Å². The van der Waals surface area contributed by atoms with Crippen molar-refractivity contribution in [1.29, 1.82) is 0 Å². The summed E-state index contributed by atoms with van der Waals surface area (Å²) >= 11 is 7.21. The van der Waals surface area contributed by atoms with Crippen LogP contribution in [0, 0.1) is 0 Å². The number of nitrogens with zero attached hydrogens (tertiary/aromatic N) is 2. The highest BCUT2D eigenvalue weighted by molar-refractivity contribution is 7.09. The van der Waals surface area contributed by atoms with Gasteiger partial charge in [0, 0.05) is 28.7 Å². The van der Waals surface area contributed by atoms with Gasteiger partial charge in [-0.15, -0.1) is 0 Å². The molecule has 0 bridgehead atoms. The van der Waals surface area contributed by atoms with Crippen molar-refractivity contribution in [3.8, 4) is 5.75 Å². The number of hydrogen-bond donors (Lipinski definition) is 1. The van der Waals surface area contributed by atoms with E-state index in [1.54, 1.807) is 7.11 Å². The first kappa shape index (κ1) is 14.8. The van der Waals surface area contributed by atoms with E-state index in [1.165, 1.54) is 11.5 Å². The predicted octanol–water partition coefficient (Wildman–Crippen LogP) is 4.53. The van der Waals surface area contributed by atoms with Gasteiger partial charge in [0.15, 0.2) is 0 Å². The zero-order valence-electron chi connectivity index (χ0n) is 11.9. The molecule has 0 aliphatic heterocycles. The van der Waals surface area contributed by atoms with Crippen LogP contribution in [0.1, 0.15) is 11.4 Å². The third-order valence-electron chi connectivity index (χ3n) is 3.06. The second kappa shape index (κ2) is 6.77. The van der Waals surface area contributed by atoms with Crippen molar-refractivity contribution in [3.05, 3.63) is 64.9 Å². The van der Waals surface area contributed by atoms with Crippen molar-refractivity contribution in [2.24, 2.45) is 0 Å². The molecule has 1 heterocycles. The van der Waals surface area contributed by atoms with E-state index in [9.17, 15) is 0 Å². The topological polar surface area (TPSA) is 47.0 Å². The number of nitrogens with one attached hydrogen (secondary N) is 1. The molecule has 0 spiro atoms. The van der Waals surface area contributed by atoms with Crippen molar-refractivity contribution in [3.63, 3.8) is 0 Å². The molecular weight excluding hydrogens is 318 g/mol. The first-order valence-corrected chi connectivity index (χ1v) is 7.86. The van der Waals surface area contributed by atoms with Crippen molar-refractivity contribution in [2.75, 3.05) is 12.4 Å². The normalized spacial score (nSPS) is 10.5. The third kappa shape index (κ3) is 3.75. The van der Waals surface area contributed by atoms with E-state index in [4.69, 9.17) is 16.3 Å². The molecule has 0 saturated carbocycles. The molecule has 22 heavy (non-hydrogen) atoms. The Balaban J connectivity index is 1.69. The number of anilines is 2. The van der Waals surface area contributed by atoms with Gasteiger partial charge in [-0.1, -0.05) is 23.7 Å². The molecule has 0 radical (unpaired) electrons. The predicted molar refractivity (Wildman–Crippen MR) is 90.4 cm³/mol. The zero-order valence-corrected chi connectivity index (χ0v) is 13.5. The van der Waals surface area contributed by atoms with Crippen LogP contribution in [0.15, 0.2) is 48.5 Å². The molecule has 3 aromatic rings. The fraction of sp³-hybridized carbons (Fsp3) is 0.125. The van der Waals surface area contributed by atoms with Gasteiger partial charge in [-0.25, -0.2) is 4.98 Å². The Kier molecular flexibility index (Phi) is 4.56. The Morgan fingerprint density at radius 2 is 2.00 bits per heavy atom. The summed E-state index contributed by atoms with van der Waals surface area (Å²) in [5.41, 5.74) is 2.06. The van der Waals surface area contributed by atoms with Crippen LogP contribution in [0.25, 0.3) is 0 Å². The van der Waals surface area contributed by atoms with Gasteiger partial charge >= 0.3 is 0 Å². The Labute approximate surface area is 137 Å². The number of ether oxygens (including phenoxy) is 1. The molecule has 3 rings (SSSR count). The zero-order chi connectivity index (χ0) is 15.4. The van der Waals surface area contributed by atoms with Gasteiger partial charge in [0.1, 0.15) is 11.6 Å². The summed E-state index contributed by atoms with van der Waals surface area (Å²) < 4.78 is 9.61. The van der Waals surface area contributed by atoms with Crippen molar-refractivity contribution in [2.45, 2.75) is 6.42 Å². The van der Waals surface area contributed by atoms with Crippen LogP contribution in [0.3, 0.4) is 0 Å². The summed E-state index contributed by atoms with van der Waals surface area (Å²) in [6, 6.07) is 15.4. The van der Waals surface area contributed by atoms with Crippen LogP contribution < -0.4 is 10.1 Å². The van der Waals surface area contributed by atoms with Crippen LogP contribution in [0.4, 0.5) is 10.8 Å². The monoisotopic (exact) mass is 331 g/mol. The first-order valence-electron chi connectivity index (χ1n) is 6.71. The minimum Gasteiger partial charge on any atom is -0.497 e. The average Bonchev–Trinajstić information content (AvgIpc) is 2.97. The quantitative estimate of drug-likeness (QED) is 0.746. The Morgan fingerprint density at radius 3 is 2.77 bits per heavy atom. The van der Waals surface area contributed by atoms with Crippen molar-refractivity contribution in [1.82, 2.24) is 9.36 Å². The number of hydrogen-bond acceptors (Lipinski definition) is 5. The van der Waals surface area contributed by atoms with Crippen molar-refractivity contribution < 1.29 is 4.74 Å². The lowest BCUT2D eigenvalue weighted by Gasteiger charge is -2.02. The Hall–Kier alpha value is -2.11. The highest BCUT2D eigenvalue weighted by Gasteiger charge is 2.06. The highest BCUT2D eigenvalue weighted by Crippen LogP contribution is 2.22. The average molecular weight is 332 g/mol. The van der Waals surface area contributed by atoms with Crippen molar-refractivity contribution >= 4 is 34.0 Å². The lowest BCUT2D eigenvalue weighted by Crippen LogP contribution is -1.93. The number of halogens is 1. The van der Waals surface area contributed by atoms with Crippen LogP contribution in [-0.2, 0) is 6.42 Å². The van der Waals surface area contributed by atoms with Crippen LogP contribution in [-0.4, -0.2) is 16.5 Å². The minimum absolute atomic E-state index is 0.677. The summed E-state index contributed by atoms with van der Waals surface area (Å²) in [6.07, 6.45) is 0.677. The molecule has 2 aromatic carbocycles. The smallest absolute Gasteiger partial charge is 0.207 e. The summed E-state index contributed by atoms with van der Waals surface area (Å²) in [6.45, 7) is 0. The standard InChI is InChI=1S/C16H14ClN3OS/c1-21-14-4-2-3-11(9-14)10-15-19-16(22-20-15)18-13-7-5-12(17)6-8-13/h2-9H,10H2,1H3,(H,18,19,20). The summed E-state index contributed by atoms with van der Waals surface area (Å²) in [4.78, 5) is 4.50. The molecule has 0 atom stereocenters. The highest BCUT2D eigenvalue weighted by atomic mass is 35.5. The van der Waals surface area contributed by atoms with E-state index in [0.29, 0.717) is 11.4 Å². The lowest BCUT2D eigenvalue weighted by atomic mass is 10.1. The van der Waals surface area contributed by atoms with E-state index >= 15 is 0 Å². The maximum atomic E-state index is 5.87. The summed E-state index contributed by atoms with van der Waals surface area (Å²) in [7, 11) is 1.66. The second-order valence-corrected chi connectivity index (χ2v) is 5.86. The van der Waals surface area contributed by atoms with E-state index < -0.39 is 0 Å². The molecule has 4 nitrogen and oxygen atoms in total. The molecule has 0 aliphatic rings. The SMILES string of the molecule is COc1cccc(Cc2nsc(Nc3ccc(Cl)cc3)n2)c1. The number of aromatic nitrogens is 2. The van der Waals surface area contributed by atoms with Gasteiger partial charge in [-0.3, -0.25) is 0 Å². The molecule has 1 aromatic heterocycles. The molecular formula is C16H14ClN3OS. The third-order valence-corrected chi connectivity index (χ3v) is 3.98. The van der Waals surface area contributed by atoms with Gasteiger partial charge < -0.3 is 10.1 Å². The van der Waals surface area contributed by atoms with Gasteiger partial charge in [0.05, 0.1) is 7.11 Å². The molecule has 0 fully saturated rings. The number of methoxy groups -OCH3 is 1. The van der Waals surface area contributed by atoms with Gasteiger partial charge in [0.2, 0.25) is 5.13 Å². The molecule has 6 heteroatoms. The van der Waals surface area contributed by atoms with Crippen LogP contribution in [0.2, 0.25) is 5.02 Å². The fourth-order valence-corrected chi connectivity index (χ4v) is 2.73. The maximum Gasteiger partial charge on any atom is 0.207 e.